The molecule has 0 fully saturated rings. The second kappa shape index (κ2) is 15.3. The van der Waals surface area contributed by atoms with Crippen LogP contribution >= 0.6 is 0 Å². The van der Waals surface area contributed by atoms with Crippen molar-refractivity contribution in [3.63, 3.8) is 0 Å². The van der Waals surface area contributed by atoms with E-state index in [9.17, 15) is 0 Å². The summed E-state index contributed by atoms with van der Waals surface area (Å²) in [7, 11) is 0. The van der Waals surface area contributed by atoms with Crippen molar-refractivity contribution >= 4 is 60.7 Å². The highest BCUT2D eigenvalue weighted by atomic mass is 15.1. The van der Waals surface area contributed by atoms with E-state index in [1.54, 1.807) is 0 Å². The molecule has 0 aliphatic heterocycles. The van der Waals surface area contributed by atoms with Crippen LogP contribution in [0.25, 0.3) is 88.4 Å². The first-order valence-electron chi connectivity index (χ1n) is 21.6. The van der Waals surface area contributed by atoms with E-state index in [1.807, 2.05) is 0 Å². The Labute approximate surface area is 366 Å². The number of nitrogens with zero attached hydrogens (tertiary/aromatic N) is 3. The average molecular weight is 804 g/mol. The Morgan fingerprint density at radius 3 is 1.29 bits per heavy atom. The lowest BCUT2D eigenvalue weighted by molar-refractivity contribution is 1.18. The molecule has 0 spiro atoms. The fourth-order valence-corrected chi connectivity index (χ4v) is 9.58. The van der Waals surface area contributed by atoms with Gasteiger partial charge in [-0.2, -0.15) is 0 Å². The monoisotopic (exact) mass is 803 g/mol. The summed E-state index contributed by atoms with van der Waals surface area (Å²) < 4.78 is 4.82. The summed E-state index contributed by atoms with van der Waals surface area (Å²) >= 11 is 0. The lowest BCUT2D eigenvalue weighted by Crippen LogP contribution is -2.11. The van der Waals surface area contributed by atoms with Gasteiger partial charge in [-0.25, -0.2) is 0 Å². The van der Waals surface area contributed by atoms with Gasteiger partial charge in [-0.3, -0.25) is 0 Å². The Bertz CT molecular complexity index is 3580. The van der Waals surface area contributed by atoms with Crippen LogP contribution in [0.1, 0.15) is 0 Å². The van der Waals surface area contributed by atoms with E-state index in [4.69, 9.17) is 0 Å². The van der Waals surface area contributed by atoms with Crippen molar-refractivity contribution in [1.29, 1.82) is 0 Å². The molecule has 0 aliphatic carbocycles. The van der Waals surface area contributed by atoms with E-state index in [0.29, 0.717) is 0 Å². The van der Waals surface area contributed by atoms with E-state index in [0.717, 1.165) is 45.1 Å². The van der Waals surface area contributed by atoms with Gasteiger partial charge < -0.3 is 14.0 Å². The zero-order valence-electron chi connectivity index (χ0n) is 34.5. The highest BCUT2D eigenvalue weighted by Gasteiger charge is 2.21. The summed E-state index contributed by atoms with van der Waals surface area (Å²) in [5, 5.41) is 4.93. The highest BCUT2D eigenvalue weighted by Crippen LogP contribution is 2.45. The second-order valence-corrected chi connectivity index (χ2v) is 16.2. The first-order valence-corrected chi connectivity index (χ1v) is 21.6. The van der Waals surface area contributed by atoms with E-state index in [-0.39, 0.29) is 0 Å². The van der Waals surface area contributed by atoms with Crippen LogP contribution in [0.3, 0.4) is 0 Å². The molecular weight excluding hydrogens is 763 g/mol. The third-order valence-electron chi connectivity index (χ3n) is 12.5. The quantitative estimate of drug-likeness (QED) is 0.149. The third-order valence-corrected chi connectivity index (χ3v) is 12.5. The highest BCUT2D eigenvalue weighted by molar-refractivity contribution is 6.12. The maximum Gasteiger partial charge on any atom is 0.0561 e. The van der Waals surface area contributed by atoms with Gasteiger partial charge in [0.05, 0.1) is 27.8 Å². The maximum absolute atomic E-state index is 2.43. The molecule has 3 heteroatoms. The van der Waals surface area contributed by atoms with E-state index >= 15 is 0 Å². The smallest absolute Gasteiger partial charge is 0.0561 e. The Morgan fingerprint density at radius 1 is 0.254 bits per heavy atom. The number of para-hydroxylation sites is 4. The maximum atomic E-state index is 2.43. The SMILES string of the molecule is c1ccc(-c2ccc(N(c3ccc4c5ccccc5n(-c5ccccc5)c4c3)c3ccccc3-c3ccc4c5ccccc5n(-c5ccc(-c6ccccc6)cc5)c4c3)cc2)cc1. The predicted molar refractivity (Wildman–Crippen MR) is 266 cm³/mol. The molecule has 0 N–H and O–H groups in total. The normalized spacial score (nSPS) is 11.5. The minimum Gasteiger partial charge on any atom is -0.310 e. The van der Waals surface area contributed by atoms with Crippen molar-refractivity contribution in [2.75, 3.05) is 4.90 Å². The lowest BCUT2D eigenvalue weighted by atomic mass is 9.99. The van der Waals surface area contributed by atoms with Crippen LogP contribution in [-0.4, -0.2) is 9.13 Å². The molecule has 0 bridgehead atoms. The number of aromatic nitrogens is 2. The molecule has 10 aromatic carbocycles. The van der Waals surface area contributed by atoms with Crippen molar-refractivity contribution in [3.05, 3.63) is 249 Å². The van der Waals surface area contributed by atoms with Gasteiger partial charge in [0, 0.05) is 49.9 Å². The molecule has 0 unspecified atom stereocenters. The van der Waals surface area contributed by atoms with Crippen molar-refractivity contribution < 1.29 is 0 Å². The molecule has 2 heterocycles. The molecule has 0 radical (unpaired) electrons. The van der Waals surface area contributed by atoms with E-state index < -0.39 is 0 Å². The zero-order chi connectivity index (χ0) is 41.7. The Morgan fingerprint density at radius 2 is 0.667 bits per heavy atom. The van der Waals surface area contributed by atoms with Crippen molar-refractivity contribution in [2.24, 2.45) is 0 Å². The van der Waals surface area contributed by atoms with Crippen molar-refractivity contribution in [1.82, 2.24) is 9.13 Å². The number of hydrogen-bond acceptors (Lipinski definition) is 1. The van der Waals surface area contributed by atoms with Gasteiger partial charge in [-0.05, 0) is 101 Å². The molecule has 0 atom stereocenters. The van der Waals surface area contributed by atoms with E-state index in [1.165, 1.54) is 60.3 Å². The average Bonchev–Trinajstić information content (AvgIpc) is 3.87. The first-order chi connectivity index (χ1) is 31.3. The zero-order valence-corrected chi connectivity index (χ0v) is 34.5. The van der Waals surface area contributed by atoms with Gasteiger partial charge in [-0.15, -0.1) is 0 Å². The summed E-state index contributed by atoms with van der Waals surface area (Å²) in [6, 6.07) is 90.2. The van der Waals surface area contributed by atoms with Gasteiger partial charge >= 0.3 is 0 Å². The molecule has 0 aliphatic rings. The first kappa shape index (κ1) is 36.5. The fourth-order valence-electron chi connectivity index (χ4n) is 9.58. The van der Waals surface area contributed by atoms with Crippen LogP contribution in [0.2, 0.25) is 0 Å². The molecular formula is C60H41N3. The summed E-state index contributed by atoms with van der Waals surface area (Å²) in [6.07, 6.45) is 0. The molecule has 63 heavy (non-hydrogen) atoms. The summed E-state index contributed by atoms with van der Waals surface area (Å²) in [6.45, 7) is 0. The number of anilines is 3. The molecule has 12 rings (SSSR count). The fraction of sp³-hybridized carbons (Fsp3) is 0. The topological polar surface area (TPSA) is 13.1 Å². The number of benzene rings is 10. The van der Waals surface area contributed by atoms with E-state index in [2.05, 4.69) is 263 Å². The standard InChI is InChI=1S/C60H41N3/c1-4-16-42(17-5-1)44-28-33-48(34-29-44)61(50-37-39-55-53-24-12-14-26-57(53)62(60(55)41-50)47-20-8-3-9-21-47)56-25-13-10-22-51(56)46-32-38-54-52-23-11-15-27-58(52)63(59(54)40-46)49-35-30-45(31-36-49)43-18-6-2-7-19-43/h1-41H. The lowest BCUT2D eigenvalue weighted by Gasteiger charge is -2.28. The van der Waals surface area contributed by atoms with Crippen LogP contribution in [0.15, 0.2) is 249 Å². The Kier molecular flexibility index (Phi) is 8.83. The molecule has 2 aromatic heterocycles. The third kappa shape index (κ3) is 6.29. The van der Waals surface area contributed by atoms with Crippen LogP contribution < -0.4 is 4.90 Å². The number of hydrogen-bond donors (Lipinski definition) is 0. The van der Waals surface area contributed by atoms with Crippen LogP contribution in [0, 0.1) is 0 Å². The summed E-state index contributed by atoms with van der Waals surface area (Å²) in [5.41, 5.74) is 17.3. The second-order valence-electron chi connectivity index (χ2n) is 16.2. The van der Waals surface area contributed by atoms with Gasteiger partial charge in [0.15, 0.2) is 0 Å². The minimum absolute atomic E-state index is 1.08. The van der Waals surface area contributed by atoms with Gasteiger partial charge in [0.25, 0.3) is 0 Å². The molecule has 12 aromatic rings. The Balaban J connectivity index is 1.05. The molecule has 0 amide bonds. The summed E-state index contributed by atoms with van der Waals surface area (Å²) in [5.74, 6) is 0. The van der Waals surface area contributed by atoms with Gasteiger partial charge in [0.1, 0.15) is 0 Å². The van der Waals surface area contributed by atoms with Gasteiger partial charge in [0.2, 0.25) is 0 Å². The number of rotatable bonds is 8. The van der Waals surface area contributed by atoms with Crippen LogP contribution in [-0.2, 0) is 0 Å². The van der Waals surface area contributed by atoms with Crippen molar-refractivity contribution in [3.8, 4) is 44.8 Å². The van der Waals surface area contributed by atoms with Crippen LogP contribution in [0.4, 0.5) is 17.1 Å². The van der Waals surface area contributed by atoms with Crippen molar-refractivity contribution in [2.45, 2.75) is 0 Å². The predicted octanol–water partition coefficient (Wildman–Crippen LogP) is 16.4. The minimum atomic E-state index is 1.08. The largest absolute Gasteiger partial charge is 0.310 e. The molecule has 296 valence electrons. The molecule has 0 saturated carbocycles. The Hall–Kier alpha value is -8.40. The van der Waals surface area contributed by atoms with Gasteiger partial charge in [-0.1, -0.05) is 176 Å². The number of fused-ring (bicyclic) bond motifs is 6. The summed E-state index contributed by atoms with van der Waals surface area (Å²) in [4.78, 5) is 2.43. The molecule has 3 nitrogen and oxygen atoms in total. The molecule has 0 saturated heterocycles. The van der Waals surface area contributed by atoms with Crippen LogP contribution in [0.5, 0.6) is 0 Å².